The van der Waals surface area contributed by atoms with E-state index in [2.05, 4.69) is 70.8 Å². The normalized spacial score (nSPS) is 11.8. The summed E-state index contributed by atoms with van der Waals surface area (Å²) in [5, 5.41) is 7.81. The van der Waals surface area contributed by atoms with Crippen molar-refractivity contribution in [2.24, 2.45) is 4.99 Å². The average molecular weight is 346 g/mol. The molecule has 1 aromatic heterocycles. The van der Waals surface area contributed by atoms with Crippen molar-refractivity contribution in [3.8, 4) is 0 Å². The van der Waals surface area contributed by atoms with Crippen LogP contribution in [0.1, 0.15) is 26.7 Å². The van der Waals surface area contributed by atoms with Gasteiger partial charge in [0, 0.05) is 25.0 Å². The zero-order valence-corrected chi connectivity index (χ0v) is 16.0. The van der Waals surface area contributed by atoms with Crippen LogP contribution in [0.3, 0.4) is 0 Å². The summed E-state index contributed by atoms with van der Waals surface area (Å²) in [6.45, 7) is 6.52. The second kappa shape index (κ2) is 8.80. The van der Waals surface area contributed by atoms with E-state index in [1.54, 1.807) is 18.4 Å². The van der Waals surface area contributed by atoms with E-state index in [1.165, 1.54) is 16.0 Å². The maximum atomic E-state index is 4.55. The average Bonchev–Trinajstić information content (AvgIpc) is 2.87. The molecule has 2 rings (SSSR count). The highest BCUT2D eigenvalue weighted by Gasteiger charge is 2.06. The number of benzene rings is 1. The molecule has 0 saturated heterocycles. The molecule has 130 valence electrons. The number of nitrogens with zero attached hydrogens (tertiary/aromatic N) is 3. The molecule has 0 unspecified atom stereocenters. The van der Waals surface area contributed by atoms with E-state index in [9.17, 15) is 0 Å². The molecular formula is C18H27N5S. The number of aryl methyl sites for hydroxylation is 2. The Hall–Kier alpha value is -1.92. The number of hydrogen-bond acceptors (Lipinski definition) is 4. The van der Waals surface area contributed by atoms with E-state index in [4.69, 9.17) is 0 Å². The van der Waals surface area contributed by atoms with Crippen LogP contribution in [0.4, 0.5) is 0 Å². The highest BCUT2D eigenvalue weighted by atomic mass is 32.1. The van der Waals surface area contributed by atoms with Crippen LogP contribution in [-0.4, -0.2) is 37.0 Å². The number of thiazole rings is 1. The summed E-state index contributed by atoms with van der Waals surface area (Å²) in [6, 6.07) is 8.50. The summed E-state index contributed by atoms with van der Waals surface area (Å²) in [5.41, 5.74) is 3.73. The molecule has 6 heteroatoms. The lowest BCUT2D eigenvalue weighted by Gasteiger charge is -2.16. The Morgan fingerprint density at radius 2 is 1.79 bits per heavy atom. The van der Waals surface area contributed by atoms with Crippen molar-refractivity contribution in [2.45, 2.75) is 33.5 Å². The van der Waals surface area contributed by atoms with E-state index in [1.807, 2.05) is 6.92 Å². The number of rotatable bonds is 6. The molecule has 0 spiro atoms. The fourth-order valence-electron chi connectivity index (χ4n) is 2.40. The van der Waals surface area contributed by atoms with Crippen LogP contribution < -0.4 is 10.6 Å². The lowest BCUT2D eigenvalue weighted by Crippen LogP contribution is -2.36. The Morgan fingerprint density at radius 3 is 2.38 bits per heavy atom. The van der Waals surface area contributed by atoms with Crippen molar-refractivity contribution in [1.29, 1.82) is 0 Å². The van der Waals surface area contributed by atoms with Gasteiger partial charge in [0.05, 0.1) is 12.2 Å². The summed E-state index contributed by atoms with van der Waals surface area (Å²) in [4.78, 5) is 12.3. The minimum atomic E-state index is 0.693. The van der Waals surface area contributed by atoms with Gasteiger partial charge in [-0.3, -0.25) is 4.99 Å². The first-order valence-corrected chi connectivity index (χ1v) is 8.90. The van der Waals surface area contributed by atoms with Crippen LogP contribution in [0.25, 0.3) is 0 Å². The third kappa shape index (κ3) is 5.32. The smallest absolute Gasteiger partial charge is 0.191 e. The molecule has 0 radical (unpaired) electrons. The first-order chi connectivity index (χ1) is 11.5. The molecular weight excluding hydrogens is 318 g/mol. The maximum Gasteiger partial charge on any atom is 0.191 e. The van der Waals surface area contributed by atoms with Gasteiger partial charge in [-0.15, -0.1) is 11.3 Å². The third-order valence-corrected chi connectivity index (χ3v) is 4.83. The Kier molecular flexibility index (Phi) is 6.75. The molecule has 2 N–H and O–H groups in total. The highest BCUT2D eigenvalue weighted by molar-refractivity contribution is 7.11. The van der Waals surface area contributed by atoms with Crippen molar-refractivity contribution in [2.75, 3.05) is 21.1 Å². The van der Waals surface area contributed by atoms with Crippen molar-refractivity contribution in [3.05, 3.63) is 51.0 Å². The van der Waals surface area contributed by atoms with Crippen LogP contribution >= 0.6 is 11.3 Å². The van der Waals surface area contributed by atoms with Crippen molar-refractivity contribution < 1.29 is 0 Å². The van der Waals surface area contributed by atoms with Crippen LogP contribution in [0, 0.1) is 13.8 Å². The number of hydrogen-bond donors (Lipinski definition) is 2. The van der Waals surface area contributed by atoms with Crippen LogP contribution in [0.2, 0.25) is 0 Å². The third-order valence-electron chi connectivity index (χ3n) is 3.75. The quantitative estimate of drug-likeness (QED) is 0.624. The standard InChI is InChI=1S/C18H27N5S/c1-13-14(2)24-17(22-13)11-21-18(19-3)20-10-15-8-6-7-9-16(15)12-23(4)5/h6-9H,10-12H2,1-5H3,(H2,19,20,21). The molecule has 1 aromatic carbocycles. The molecule has 0 aliphatic carbocycles. The molecule has 0 amide bonds. The van der Waals surface area contributed by atoms with Gasteiger partial charge in [0.25, 0.3) is 0 Å². The lowest BCUT2D eigenvalue weighted by molar-refractivity contribution is 0.400. The van der Waals surface area contributed by atoms with Crippen molar-refractivity contribution >= 4 is 17.3 Å². The topological polar surface area (TPSA) is 52.6 Å². The predicted octanol–water partition coefficient (Wildman–Crippen LogP) is 2.69. The zero-order chi connectivity index (χ0) is 17.5. The summed E-state index contributed by atoms with van der Waals surface area (Å²) < 4.78 is 0. The summed E-state index contributed by atoms with van der Waals surface area (Å²) in [7, 11) is 5.96. The monoisotopic (exact) mass is 345 g/mol. The zero-order valence-electron chi connectivity index (χ0n) is 15.2. The summed E-state index contributed by atoms with van der Waals surface area (Å²) >= 11 is 1.73. The van der Waals surface area contributed by atoms with Gasteiger partial charge in [0.2, 0.25) is 0 Å². The molecule has 0 atom stereocenters. The molecule has 0 bridgehead atoms. The number of guanidine groups is 1. The van der Waals surface area contributed by atoms with Gasteiger partial charge in [-0.2, -0.15) is 0 Å². The van der Waals surface area contributed by atoms with Gasteiger partial charge >= 0.3 is 0 Å². The molecule has 2 aromatic rings. The predicted molar refractivity (Wildman–Crippen MR) is 102 cm³/mol. The number of aliphatic imine (C=N–C) groups is 1. The van der Waals surface area contributed by atoms with Crippen LogP contribution in [-0.2, 0) is 19.6 Å². The fraction of sp³-hybridized carbons (Fsp3) is 0.444. The summed E-state index contributed by atoms with van der Waals surface area (Å²) in [6.07, 6.45) is 0. The lowest BCUT2D eigenvalue weighted by atomic mass is 10.1. The second-order valence-corrected chi connectivity index (χ2v) is 7.32. The molecule has 0 fully saturated rings. The van der Waals surface area contributed by atoms with Gasteiger partial charge in [0.15, 0.2) is 5.96 Å². The van der Waals surface area contributed by atoms with E-state index in [-0.39, 0.29) is 0 Å². The van der Waals surface area contributed by atoms with Crippen molar-refractivity contribution in [1.82, 2.24) is 20.5 Å². The molecule has 5 nitrogen and oxygen atoms in total. The molecule has 0 aliphatic heterocycles. The Bertz CT molecular complexity index is 671. The largest absolute Gasteiger partial charge is 0.352 e. The molecule has 0 saturated carbocycles. The first-order valence-electron chi connectivity index (χ1n) is 8.08. The van der Waals surface area contributed by atoms with Crippen LogP contribution in [0.15, 0.2) is 29.3 Å². The van der Waals surface area contributed by atoms with Crippen LogP contribution in [0.5, 0.6) is 0 Å². The molecule has 1 heterocycles. The van der Waals surface area contributed by atoms with E-state index < -0.39 is 0 Å². The Morgan fingerprint density at radius 1 is 1.12 bits per heavy atom. The SMILES string of the molecule is CN=C(NCc1nc(C)c(C)s1)NCc1ccccc1CN(C)C. The molecule has 0 aliphatic rings. The number of aromatic nitrogens is 1. The second-order valence-electron chi connectivity index (χ2n) is 6.04. The highest BCUT2D eigenvalue weighted by Crippen LogP contribution is 2.16. The van der Waals surface area contributed by atoms with Gasteiger partial charge in [-0.05, 0) is 39.1 Å². The minimum absolute atomic E-state index is 0.693. The first kappa shape index (κ1) is 18.4. The maximum absolute atomic E-state index is 4.55. The van der Waals surface area contributed by atoms with E-state index >= 15 is 0 Å². The molecule has 24 heavy (non-hydrogen) atoms. The summed E-state index contributed by atoms with van der Waals surface area (Å²) in [5.74, 6) is 0.792. The van der Waals surface area contributed by atoms with E-state index in [0.29, 0.717) is 6.54 Å². The van der Waals surface area contributed by atoms with Gasteiger partial charge in [0.1, 0.15) is 5.01 Å². The Labute approximate surface area is 148 Å². The fourth-order valence-corrected chi connectivity index (χ4v) is 3.27. The van der Waals surface area contributed by atoms with Gasteiger partial charge in [-0.1, -0.05) is 24.3 Å². The van der Waals surface area contributed by atoms with Crippen molar-refractivity contribution in [3.63, 3.8) is 0 Å². The van der Waals surface area contributed by atoms with Gasteiger partial charge in [-0.25, -0.2) is 4.98 Å². The number of nitrogens with one attached hydrogen (secondary N) is 2. The Balaban J connectivity index is 1.92. The minimum Gasteiger partial charge on any atom is -0.352 e. The van der Waals surface area contributed by atoms with E-state index in [0.717, 1.165) is 29.8 Å². The van der Waals surface area contributed by atoms with Gasteiger partial charge < -0.3 is 15.5 Å².